The Morgan fingerprint density at radius 3 is 1.30 bits per heavy atom. The number of nitrogens with zero attached hydrogens (tertiary/aromatic N) is 4. The quantitative estimate of drug-likeness (QED) is 0.410. The van der Waals surface area contributed by atoms with Crippen molar-refractivity contribution in [2.24, 2.45) is 0 Å². The Morgan fingerprint density at radius 1 is 0.700 bits per heavy atom. The van der Waals surface area contributed by atoms with E-state index in [9.17, 15) is 0 Å². The first-order chi connectivity index (χ1) is 9.06. The lowest BCUT2D eigenvalue weighted by molar-refractivity contribution is 0.205. The molecule has 2 rings (SSSR count). The fraction of sp³-hybridized carbons (Fsp3) is 0.833. The van der Waals surface area contributed by atoms with E-state index in [4.69, 9.17) is 10.8 Å². The van der Waals surface area contributed by atoms with Crippen LogP contribution in [0.25, 0.3) is 0 Å². The SMILES string of the molecule is CN1CCN(C(=N)NC(=N)N2CCN(C)CC2)CC1.Cl. The van der Waals surface area contributed by atoms with Crippen molar-refractivity contribution in [1.29, 1.82) is 10.8 Å². The third-order valence-electron chi connectivity index (χ3n) is 3.88. The number of rotatable bonds is 0. The molecule has 0 spiro atoms. The molecule has 0 atom stereocenters. The van der Waals surface area contributed by atoms with E-state index in [-0.39, 0.29) is 12.4 Å². The van der Waals surface area contributed by atoms with Gasteiger partial charge in [0.05, 0.1) is 0 Å². The largest absolute Gasteiger partial charge is 0.340 e. The van der Waals surface area contributed by atoms with Crippen molar-refractivity contribution in [2.45, 2.75) is 0 Å². The van der Waals surface area contributed by atoms with Crippen LogP contribution in [0.3, 0.4) is 0 Å². The fourth-order valence-electron chi connectivity index (χ4n) is 2.33. The number of hydrogen-bond donors (Lipinski definition) is 3. The van der Waals surface area contributed by atoms with Crippen molar-refractivity contribution in [3.8, 4) is 0 Å². The zero-order chi connectivity index (χ0) is 13.8. The summed E-state index contributed by atoms with van der Waals surface area (Å²) in [7, 11) is 4.20. The first kappa shape index (κ1) is 17.0. The monoisotopic (exact) mass is 303 g/mol. The van der Waals surface area contributed by atoms with Crippen LogP contribution in [0.5, 0.6) is 0 Å². The van der Waals surface area contributed by atoms with E-state index in [1.807, 2.05) is 9.80 Å². The molecule has 0 bridgehead atoms. The van der Waals surface area contributed by atoms with Crippen LogP contribution in [0.2, 0.25) is 0 Å². The van der Waals surface area contributed by atoms with E-state index in [1.54, 1.807) is 0 Å². The van der Waals surface area contributed by atoms with Gasteiger partial charge in [-0.05, 0) is 14.1 Å². The van der Waals surface area contributed by atoms with Gasteiger partial charge in [-0.15, -0.1) is 12.4 Å². The number of likely N-dealkylation sites (N-methyl/N-ethyl adjacent to an activating group) is 2. The topological polar surface area (TPSA) is 72.7 Å². The standard InChI is InChI=1S/C12H25N7.ClH/c1-16-3-7-18(8-4-16)11(13)15-12(14)19-9-5-17(2)6-10-19;/h3-10H2,1-2H3,(H3,13,14,15);1H. The number of hydrogen-bond acceptors (Lipinski definition) is 4. The summed E-state index contributed by atoms with van der Waals surface area (Å²) in [6, 6.07) is 0. The normalized spacial score (nSPS) is 21.3. The van der Waals surface area contributed by atoms with Crippen LogP contribution < -0.4 is 5.32 Å². The number of piperazine rings is 2. The highest BCUT2D eigenvalue weighted by Gasteiger charge is 2.20. The summed E-state index contributed by atoms with van der Waals surface area (Å²) in [6.07, 6.45) is 0. The van der Waals surface area contributed by atoms with Gasteiger partial charge in [0.15, 0.2) is 11.9 Å². The lowest BCUT2D eigenvalue weighted by Crippen LogP contribution is -2.57. The first-order valence-corrected chi connectivity index (χ1v) is 6.87. The van der Waals surface area contributed by atoms with Gasteiger partial charge in [0.2, 0.25) is 0 Å². The summed E-state index contributed by atoms with van der Waals surface area (Å²) in [5.74, 6) is 0.717. The van der Waals surface area contributed by atoms with E-state index in [0.717, 1.165) is 52.4 Å². The molecule has 116 valence electrons. The number of halogens is 1. The summed E-state index contributed by atoms with van der Waals surface area (Å²) in [5, 5.41) is 19.0. The summed E-state index contributed by atoms with van der Waals surface area (Å²) in [5.41, 5.74) is 0. The van der Waals surface area contributed by atoms with Crippen LogP contribution in [0, 0.1) is 10.8 Å². The Hall–Kier alpha value is -1.05. The predicted octanol–water partition coefficient (Wildman–Crippen LogP) is -0.638. The lowest BCUT2D eigenvalue weighted by atomic mass is 10.3. The molecule has 0 aromatic rings. The van der Waals surface area contributed by atoms with Crippen LogP contribution in [0.15, 0.2) is 0 Å². The Labute approximate surface area is 127 Å². The molecule has 2 aliphatic rings. The highest BCUT2D eigenvalue weighted by Crippen LogP contribution is 2.01. The Bertz CT molecular complexity index is 301. The van der Waals surface area contributed by atoms with Crippen molar-refractivity contribution in [2.75, 3.05) is 66.5 Å². The Balaban J connectivity index is 0.00000200. The second kappa shape index (κ2) is 7.66. The molecule has 2 aliphatic heterocycles. The Kier molecular flexibility index (Phi) is 6.51. The molecule has 0 aromatic heterocycles. The molecule has 2 saturated heterocycles. The van der Waals surface area contributed by atoms with Gasteiger partial charge < -0.3 is 19.6 Å². The summed E-state index contributed by atoms with van der Waals surface area (Å²) >= 11 is 0. The van der Waals surface area contributed by atoms with Crippen molar-refractivity contribution in [1.82, 2.24) is 24.9 Å². The maximum atomic E-state index is 8.06. The van der Waals surface area contributed by atoms with Gasteiger partial charge in [0, 0.05) is 52.4 Å². The molecule has 7 nitrogen and oxygen atoms in total. The van der Waals surface area contributed by atoms with Crippen LogP contribution in [0.4, 0.5) is 0 Å². The third-order valence-corrected chi connectivity index (χ3v) is 3.88. The van der Waals surface area contributed by atoms with E-state index in [0.29, 0.717) is 11.9 Å². The average Bonchev–Trinajstić information content (AvgIpc) is 2.40. The van der Waals surface area contributed by atoms with E-state index < -0.39 is 0 Å². The zero-order valence-electron chi connectivity index (χ0n) is 12.4. The van der Waals surface area contributed by atoms with Crippen LogP contribution in [-0.4, -0.2) is 98.0 Å². The van der Waals surface area contributed by atoms with Gasteiger partial charge in [-0.3, -0.25) is 16.1 Å². The van der Waals surface area contributed by atoms with E-state index in [1.165, 1.54) is 0 Å². The fourth-order valence-corrected chi connectivity index (χ4v) is 2.33. The molecular weight excluding hydrogens is 278 g/mol. The summed E-state index contributed by atoms with van der Waals surface area (Å²) < 4.78 is 0. The third kappa shape index (κ3) is 4.50. The molecule has 0 aliphatic carbocycles. The molecular formula is C12H26ClN7. The summed E-state index contributed by atoms with van der Waals surface area (Å²) in [4.78, 5) is 8.53. The van der Waals surface area contributed by atoms with Gasteiger partial charge in [0.1, 0.15) is 0 Å². The highest BCUT2D eigenvalue weighted by atomic mass is 35.5. The maximum absolute atomic E-state index is 8.06. The van der Waals surface area contributed by atoms with E-state index >= 15 is 0 Å². The number of guanidine groups is 2. The Morgan fingerprint density at radius 2 is 1.00 bits per heavy atom. The minimum absolute atomic E-state index is 0. The van der Waals surface area contributed by atoms with Crippen molar-refractivity contribution in [3.63, 3.8) is 0 Å². The first-order valence-electron chi connectivity index (χ1n) is 6.87. The second-order valence-electron chi connectivity index (χ2n) is 5.40. The molecule has 2 fully saturated rings. The van der Waals surface area contributed by atoms with Gasteiger partial charge >= 0.3 is 0 Å². The van der Waals surface area contributed by atoms with Crippen LogP contribution >= 0.6 is 12.4 Å². The molecule has 0 unspecified atom stereocenters. The predicted molar refractivity (Wildman–Crippen MR) is 84.0 cm³/mol. The van der Waals surface area contributed by atoms with Crippen molar-refractivity contribution >= 4 is 24.3 Å². The minimum Gasteiger partial charge on any atom is -0.340 e. The molecule has 3 N–H and O–H groups in total. The van der Waals surface area contributed by atoms with Crippen LogP contribution in [-0.2, 0) is 0 Å². The van der Waals surface area contributed by atoms with Crippen molar-refractivity contribution in [3.05, 3.63) is 0 Å². The van der Waals surface area contributed by atoms with Gasteiger partial charge in [0.25, 0.3) is 0 Å². The molecule has 2 heterocycles. The van der Waals surface area contributed by atoms with Crippen LogP contribution in [0.1, 0.15) is 0 Å². The average molecular weight is 304 g/mol. The highest BCUT2D eigenvalue weighted by molar-refractivity contribution is 5.95. The second-order valence-corrected chi connectivity index (χ2v) is 5.40. The zero-order valence-corrected chi connectivity index (χ0v) is 13.2. The minimum atomic E-state index is 0. The molecule has 8 heteroatoms. The molecule has 20 heavy (non-hydrogen) atoms. The number of nitrogens with one attached hydrogen (secondary N) is 3. The maximum Gasteiger partial charge on any atom is 0.197 e. The lowest BCUT2D eigenvalue weighted by Gasteiger charge is -2.37. The van der Waals surface area contributed by atoms with Gasteiger partial charge in [-0.25, -0.2) is 0 Å². The van der Waals surface area contributed by atoms with Gasteiger partial charge in [-0.2, -0.15) is 0 Å². The molecule has 0 saturated carbocycles. The van der Waals surface area contributed by atoms with Gasteiger partial charge in [-0.1, -0.05) is 0 Å². The smallest absolute Gasteiger partial charge is 0.197 e. The molecule has 0 amide bonds. The summed E-state index contributed by atoms with van der Waals surface area (Å²) in [6.45, 7) is 7.35. The van der Waals surface area contributed by atoms with E-state index in [2.05, 4.69) is 29.2 Å². The molecule has 0 radical (unpaired) electrons. The van der Waals surface area contributed by atoms with Crippen molar-refractivity contribution < 1.29 is 0 Å². The molecule has 0 aromatic carbocycles.